The summed E-state index contributed by atoms with van der Waals surface area (Å²) in [6.45, 7) is 6.58. The molecule has 1 aromatic carbocycles. The molecule has 3 aliphatic heterocycles. The Morgan fingerprint density at radius 2 is 2.00 bits per heavy atom. The summed E-state index contributed by atoms with van der Waals surface area (Å²) in [4.78, 5) is 34.5. The number of anilines is 2. The predicted molar refractivity (Wildman–Crippen MR) is 158 cm³/mol. The molecule has 0 bridgehead atoms. The topological polar surface area (TPSA) is 107 Å². The molecular formula is C30H42ClN5O4. The van der Waals surface area contributed by atoms with Crippen LogP contribution in [-0.2, 0) is 27.2 Å². The molecule has 2 fully saturated rings. The number of hydrogen-bond acceptors (Lipinski definition) is 7. The van der Waals surface area contributed by atoms with Gasteiger partial charge < -0.3 is 30.3 Å². The van der Waals surface area contributed by atoms with Gasteiger partial charge in [-0.15, -0.1) is 12.4 Å². The van der Waals surface area contributed by atoms with Gasteiger partial charge in [-0.05, 0) is 80.9 Å². The maximum Gasteiger partial charge on any atom is 0.305 e. The molecule has 2 aromatic rings. The fourth-order valence-electron chi connectivity index (χ4n) is 5.94. The van der Waals surface area contributed by atoms with Gasteiger partial charge in [0.15, 0.2) is 0 Å². The number of piperidine rings is 1. The van der Waals surface area contributed by atoms with E-state index in [4.69, 9.17) is 9.72 Å². The van der Waals surface area contributed by atoms with E-state index in [1.807, 2.05) is 24.3 Å². The van der Waals surface area contributed by atoms with Crippen LogP contribution in [0.15, 0.2) is 36.4 Å². The van der Waals surface area contributed by atoms with Crippen molar-refractivity contribution in [2.24, 2.45) is 5.92 Å². The molecule has 2 atom stereocenters. The van der Waals surface area contributed by atoms with Crippen LogP contribution in [-0.4, -0.2) is 79.3 Å². The highest BCUT2D eigenvalue weighted by Crippen LogP contribution is 2.26. The summed E-state index contributed by atoms with van der Waals surface area (Å²) >= 11 is 0. The number of halogens is 1. The number of hydrogen-bond donors (Lipinski definition) is 3. The number of rotatable bonds is 10. The first-order chi connectivity index (χ1) is 19.0. The molecule has 9 nitrogen and oxygen atoms in total. The van der Waals surface area contributed by atoms with Crippen LogP contribution < -0.4 is 15.5 Å². The van der Waals surface area contributed by atoms with Crippen LogP contribution in [0.1, 0.15) is 55.0 Å². The lowest BCUT2D eigenvalue weighted by molar-refractivity contribution is -0.138. The standard InChI is InChI=1S/C30H41N5O4.ClH/c36-28(37)20-27(23-5-1-9-26(19-23)35-15-17-39-18-16-35)33-30(38)24-7-3-13-34(21-24)14-4-8-25-11-10-22-6-2-12-31-29(22)32-25;/h1,5,9-11,19,24,27H,2-4,6-8,12-18,20-21H2,(H,31,32)(H,33,38)(H,36,37);1H/t24-,27?;/m1./s1. The zero-order chi connectivity index (χ0) is 27.0. The summed E-state index contributed by atoms with van der Waals surface area (Å²) in [6, 6.07) is 11.7. The van der Waals surface area contributed by atoms with Crippen molar-refractivity contribution in [3.05, 3.63) is 53.2 Å². The SMILES string of the molecule is Cl.O=C(O)CC(NC(=O)[C@@H]1CCCN(CCCc2ccc3c(n2)NCCC3)C1)c1cccc(N2CCOCC2)c1. The van der Waals surface area contributed by atoms with Crippen molar-refractivity contribution >= 4 is 35.8 Å². The molecule has 40 heavy (non-hydrogen) atoms. The van der Waals surface area contributed by atoms with E-state index in [0.29, 0.717) is 19.8 Å². The van der Waals surface area contributed by atoms with Crippen molar-refractivity contribution in [2.45, 2.75) is 51.0 Å². The van der Waals surface area contributed by atoms with E-state index in [-0.39, 0.29) is 30.7 Å². The minimum Gasteiger partial charge on any atom is -0.481 e. The molecule has 2 saturated heterocycles. The van der Waals surface area contributed by atoms with Crippen molar-refractivity contribution in [2.75, 3.05) is 62.7 Å². The largest absolute Gasteiger partial charge is 0.481 e. The molecule has 0 aliphatic carbocycles. The van der Waals surface area contributed by atoms with Gasteiger partial charge in [0.2, 0.25) is 5.91 Å². The number of likely N-dealkylation sites (tertiary alicyclic amines) is 1. The number of fused-ring (bicyclic) bond motifs is 1. The minimum atomic E-state index is -0.923. The molecular weight excluding hydrogens is 530 g/mol. The number of carbonyl (C=O) groups is 2. The quantitative estimate of drug-likeness (QED) is 0.396. The molecule has 1 amide bonds. The van der Waals surface area contributed by atoms with Crippen LogP contribution in [0.4, 0.5) is 11.5 Å². The number of nitrogens with one attached hydrogen (secondary N) is 2. The Balaban J connectivity index is 0.00000370. The second-order valence-electron chi connectivity index (χ2n) is 10.9. The van der Waals surface area contributed by atoms with Crippen LogP contribution in [0, 0.1) is 5.92 Å². The van der Waals surface area contributed by atoms with Crippen molar-refractivity contribution in [1.82, 2.24) is 15.2 Å². The molecule has 1 aromatic heterocycles. The van der Waals surface area contributed by atoms with Gasteiger partial charge in [0, 0.05) is 37.6 Å². The highest BCUT2D eigenvalue weighted by atomic mass is 35.5. The van der Waals surface area contributed by atoms with E-state index in [1.54, 1.807) is 0 Å². The van der Waals surface area contributed by atoms with Crippen LogP contribution in [0.2, 0.25) is 0 Å². The number of aromatic nitrogens is 1. The number of morpholine rings is 1. The van der Waals surface area contributed by atoms with Crippen LogP contribution >= 0.6 is 12.4 Å². The lowest BCUT2D eigenvalue weighted by atomic mass is 9.95. The molecule has 3 aliphatic rings. The summed E-state index contributed by atoms with van der Waals surface area (Å²) in [6.07, 6.45) is 5.83. The Kier molecular flexibility index (Phi) is 11.0. The number of ether oxygens (including phenoxy) is 1. The van der Waals surface area contributed by atoms with E-state index in [0.717, 1.165) is 94.0 Å². The fourth-order valence-corrected chi connectivity index (χ4v) is 5.94. The molecule has 0 spiro atoms. The molecule has 218 valence electrons. The average Bonchev–Trinajstić information content (AvgIpc) is 2.97. The monoisotopic (exact) mass is 571 g/mol. The van der Waals surface area contributed by atoms with Gasteiger partial charge in [-0.1, -0.05) is 18.2 Å². The van der Waals surface area contributed by atoms with E-state index in [9.17, 15) is 14.7 Å². The zero-order valence-corrected chi connectivity index (χ0v) is 24.0. The molecule has 1 unspecified atom stereocenters. The lowest BCUT2D eigenvalue weighted by Gasteiger charge is -2.33. The molecule has 5 rings (SSSR count). The van der Waals surface area contributed by atoms with Gasteiger partial charge in [0.25, 0.3) is 0 Å². The zero-order valence-electron chi connectivity index (χ0n) is 23.1. The second-order valence-corrected chi connectivity index (χ2v) is 10.9. The number of carbonyl (C=O) groups excluding carboxylic acids is 1. The number of carboxylic acids is 1. The van der Waals surface area contributed by atoms with Crippen LogP contribution in [0.5, 0.6) is 0 Å². The van der Waals surface area contributed by atoms with Crippen LogP contribution in [0.25, 0.3) is 0 Å². The number of amides is 1. The summed E-state index contributed by atoms with van der Waals surface area (Å²) in [5, 5.41) is 16.1. The van der Waals surface area contributed by atoms with Gasteiger partial charge in [0.1, 0.15) is 5.82 Å². The molecule has 3 N–H and O–H groups in total. The van der Waals surface area contributed by atoms with Gasteiger partial charge >= 0.3 is 5.97 Å². The van der Waals surface area contributed by atoms with E-state index in [1.165, 1.54) is 5.56 Å². The Bertz CT molecular complexity index is 1140. The number of benzene rings is 1. The summed E-state index contributed by atoms with van der Waals surface area (Å²) in [5.41, 5.74) is 4.29. The molecule has 0 saturated carbocycles. The average molecular weight is 572 g/mol. The third-order valence-corrected chi connectivity index (χ3v) is 8.08. The van der Waals surface area contributed by atoms with E-state index < -0.39 is 12.0 Å². The Hall–Kier alpha value is -2.88. The maximum absolute atomic E-state index is 13.4. The Labute approximate surface area is 243 Å². The number of nitrogens with zero attached hydrogens (tertiary/aromatic N) is 3. The normalized spacial score (nSPS) is 20.0. The summed E-state index contributed by atoms with van der Waals surface area (Å²) < 4.78 is 5.46. The molecule has 10 heteroatoms. The first-order valence-electron chi connectivity index (χ1n) is 14.4. The summed E-state index contributed by atoms with van der Waals surface area (Å²) in [5.74, 6) is -0.0677. The third-order valence-electron chi connectivity index (χ3n) is 8.08. The number of aryl methyl sites for hydroxylation is 2. The fraction of sp³-hybridized carbons (Fsp3) is 0.567. The lowest BCUT2D eigenvalue weighted by Crippen LogP contribution is -2.44. The Morgan fingerprint density at radius 3 is 2.83 bits per heavy atom. The van der Waals surface area contributed by atoms with Gasteiger partial charge in [0.05, 0.1) is 31.6 Å². The maximum atomic E-state index is 13.4. The Morgan fingerprint density at radius 1 is 1.15 bits per heavy atom. The van der Waals surface area contributed by atoms with Gasteiger partial charge in [-0.25, -0.2) is 4.98 Å². The minimum absolute atomic E-state index is 0. The second kappa shape index (κ2) is 14.7. The van der Waals surface area contributed by atoms with Gasteiger partial charge in [-0.3, -0.25) is 9.59 Å². The summed E-state index contributed by atoms with van der Waals surface area (Å²) in [7, 11) is 0. The number of aliphatic carboxylic acids is 1. The van der Waals surface area contributed by atoms with E-state index >= 15 is 0 Å². The molecule has 4 heterocycles. The third kappa shape index (κ3) is 8.08. The predicted octanol–water partition coefficient (Wildman–Crippen LogP) is 3.67. The van der Waals surface area contributed by atoms with Gasteiger partial charge in [-0.2, -0.15) is 0 Å². The highest BCUT2D eigenvalue weighted by Gasteiger charge is 2.28. The first kappa shape index (κ1) is 30.1. The van der Waals surface area contributed by atoms with Crippen molar-refractivity contribution in [3.63, 3.8) is 0 Å². The van der Waals surface area contributed by atoms with E-state index in [2.05, 4.69) is 32.6 Å². The highest BCUT2D eigenvalue weighted by molar-refractivity contribution is 5.85. The van der Waals surface area contributed by atoms with Crippen molar-refractivity contribution in [1.29, 1.82) is 0 Å². The van der Waals surface area contributed by atoms with Crippen molar-refractivity contribution in [3.8, 4) is 0 Å². The van der Waals surface area contributed by atoms with Crippen LogP contribution in [0.3, 0.4) is 0 Å². The number of pyridine rings is 1. The first-order valence-corrected chi connectivity index (χ1v) is 14.4. The van der Waals surface area contributed by atoms with Crippen molar-refractivity contribution < 1.29 is 19.4 Å². The number of carboxylic acid groups (broad SMARTS) is 1. The molecule has 0 radical (unpaired) electrons. The smallest absolute Gasteiger partial charge is 0.305 e.